The van der Waals surface area contributed by atoms with Gasteiger partial charge in [-0.25, -0.2) is 9.97 Å². The number of anilines is 1. The van der Waals surface area contributed by atoms with Gasteiger partial charge in [0.25, 0.3) is 0 Å². The Kier molecular flexibility index (Phi) is 4.53. The summed E-state index contributed by atoms with van der Waals surface area (Å²) in [6.07, 6.45) is 5.38. The smallest absolute Gasteiger partial charge is 0.163 e. The fraction of sp³-hybridized carbons (Fsp3) is 0.706. The van der Waals surface area contributed by atoms with E-state index in [1.54, 1.807) is 0 Å². The van der Waals surface area contributed by atoms with E-state index in [0.717, 1.165) is 54.8 Å². The molecule has 0 spiro atoms. The molecule has 0 aliphatic carbocycles. The molecule has 1 fully saturated rings. The summed E-state index contributed by atoms with van der Waals surface area (Å²) in [5.41, 5.74) is 0.799. The van der Waals surface area contributed by atoms with Gasteiger partial charge in [-0.3, -0.25) is 4.68 Å². The van der Waals surface area contributed by atoms with Crippen molar-refractivity contribution in [1.29, 1.82) is 0 Å². The Bertz CT molecular complexity index is 667. The van der Waals surface area contributed by atoms with Crippen molar-refractivity contribution in [2.24, 2.45) is 13.0 Å². The SMILES string of the molecule is Cn1ncc2c(NCCC[C@H]3CCOC3)nc(C(C)(C)C)nc21. The monoisotopic (exact) mass is 317 g/mol. The molecule has 1 N–H and O–H groups in total. The predicted octanol–water partition coefficient (Wildman–Crippen LogP) is 2.89. The van der Waals surface area contributed by atoms with Crippen LogP contribution in [-0.2, 0) is 17.2 Å². The van der Waals surface area contributed by atoms with Crippen molar-refractivity contribution in [3.63, 3.8) is 0 Å². The van der Waals surface area contributed by atoms with Gasteiger partial charge in [-0.2, -0.15) is 5.10 Å². The molecule has 2 aromatic heterocycles. The number of ether oxygens (including phenoxy) is 1. The van der Waals surface area contributed by atoms with E-state index in [-0.39, 0.29) is 5.41 Å². The first-order valence-corrected chi connectivity index (χ1v) is 8.47. The molecule has 23 heavy (non-hydrogen) atoms. The predicted molar refractivity (Wildman–Crippen MR) is 91.7 cm³/mol. The van der Waals surface area contributed by atoms with Gasteiger partial charge in [0.1, 0.15) is 11.6 Å². The lowest BCUT2D eigenvalue weighted by Crippen LogP contribution is -2.18. The van der Waals surface area contributed by atoms with Crippen LogP contribution in [0.5, 0.6) is 0 Å². The number of hydrogen-bond acceptors (Lipinski definition) is 5. The maximum Gasteiger partial charge on any atom is 0.163 e. The van der Waals surface area contributed by atoms with E-state index >= 15 is 0 Å². The van der Waals surface area contributed by atoms with Crippen LogP contribution in [0.4, 0.5) is 5.82 Å². The first-order valence-electron chi connectivity index (χ1n) is 8.47. The van der Waals surface area contributed by atoms with Crippen molar-refractivity contribution in [3.8, 4) is 0 Å². The number of rotatable bonds is 5. The first-order chi connectivity index (χ1) is 10.9. The minimum Gasteiger partial charge on any atom is -0.381 e. The molecule has 0 bridgehead atoms. The lowest BCUT2D eigenvalue weighted by atomic mass is 9.95. The molecule has 6 nitrogen and oxygen atoms in total. The average Bonchev–Trinajstić information content (AvgIpc) is 3.13. The van der Waals surface area contributed by atoms with Crippen molar-refractivity contribution in [1.82, 2.24) is 19.7 Å². The average molecular weight is 317 g/mol. The van der Waals surface area contributed by atoms with Crippen molar-refractivity contribution < 1.29 is 4.74 Å². The van der Waals surface area contributed by atoms with E-state index in [0.29, 0.717) is 0 Å². The van der Waals surface area contributed by atoms with Gasteiger partial charge in [-0.15, -0.1) is 0 Å². The van der Waals surface area contributed by atoms with Crippen LogP contribution >= 0.6 is 0 Å². The van der Waals surface area contributed by atoms with Gasteiger partial charge in [-0.1, -0.05) is 20.8 Å². The molecule has 3 rings (SSSR count). The van der Waals surface area contributed by atoms with E-state index in [1.807, 2.05) is 17.9 Å². The van der Waals surface area contributed by atoms with Gasteiger partial charge in [-0.05, 0) is 25.2 Å². The molecule has 0 unspecified atom stereocenters. The fourth-order valence-electron chi connectivity index (χ4n) is 2.90. The van der Waals surface area contributed by atoms with Crippen molar-refractivity contribution in [2.45, 2.75) is 45.4 Å². The highest BCUT2D eigenvalue weighted by Crippen LogP contribution is 2.26. The minimum absolute atomic E-state index is 0.0872. The van der Waals surface area contributed by atoms with Gasteiger partial charge in [0, 0.05) is 32.2 Å². The molecule has 0 radical (unpaired) electrons. The Labute approximate surface area is 137 Å². The molecule has 3 heterocycles. The second-order valence-corrected chi connectivity index (χ2v) is 7.45. The van der Waals surface area contributed by atoms with Crippen LogP contribution in [-0.4, -0.2) is 39.5 Å². The summed E-state index contributed by atoms with van der Waals surface area (Å²) < 4.78 is 7.25. The summed E-state index contributed by atoms with van der Waals surface area (Å²) in [6, 6.07) is 0. The normalized spacial score (nSPS) is 18.7. The van der Waals surface area contributed by atoms with Crippen LogP contribution in [0.2, 0.25) is 0 Å². The quantitative estimate of drug-likeness (QED) is 0.859. The third-order valence-corrected chi connectivity index (χ3v) is 4.37. The molecular weight excluding hydrogens is 290 g/mol. The van der Waals surface area contributed by atoms with Crippen molar-refractivity contribution in [2.75, 3.05) is 25.1 Å². The van der Waals surface area contributed by atoms with Crippen molar-refractivity contribution >= 4 is 16.9 Å². The van der Waals surface area contributed by atoms with Gasteiger partial charge >= 0.3 is 0 Å². The number of hydrogen-bond donors (Lipinski definition) is 1. The summed E-state index contributed by atoms with van der Waals surface area (Å²) in [4.78, 5) is 9.45. The molecular formula is C17H27N5O. The summed E-state index contributed by atoms with van der Waals surface area (Å²) in [5, 5.41) is 8.81. The van der Waals surface area contributed by atoms with Gasteiger partial charge in [0.15, 0.2) is 5.65 Å². The lowest BCUT2D eigenvalue weighted by Gasteiger charge is -2.18. The molecule has 0 saturated carbocycles. The number of nitrogens with zero attached hydrogens (tertiary/aromatic N) is 4. The Morgan fingerprint density at radius 1 is 1.35 bits per heavy atom. The lowest BCUT2D eigenvalue weighted by molar-refractivity contribution is 0.184. The highest BCUT2D eigenvalue weighted by atomic mass is 16.5. The van der Waals surface area contributed by atoms with Gasteiger partial charge in [0.05, 0.1) is 11.6 Å². The third-order valence-electron chi connectivity index (χ3n) is 4.37. The summed E-state index contributed by atoms with van der Waals surface area (Å²) in [5.74, 6) is 2.47. The van der Waals surface area contributed by atoms with Crippen LogP contribution in [0.25, 0.3) is 11.0 Å². The number of nitrogens with one attached hydrogen (secondary N) is 1. The molecule has 1 atom stereocenters. The van der Waals surface area contributed by atoms with E-state index in [9.17, 15) is 0 Å². The van der Waals surface area contributed by atoms with Gasteiger partial charge < -0.3 is 10.1 Å². The Morgan fingerprint density at radius 2 is 2.17 bits per heavy atom. The molecule has 1 aliphatic rings. The zero-order valence-corrected chi connectivity index (χ0v) is 14.6. The molecule has 2 aromatic rings. The Hall–Kier alpha value is -1.69. The second-order valence-electron chi connectivity index (χ2n) is 7.45. The zero-order chi connectivity index (χ0) is 16.4. The second kappa shape index (κ2) is 6.43. The van der Waals surface area contributed by atoms with Crippen LogP contribution in [0, 0.1) is 5.92 Å². The van der Waals surface area contributed by atoms with E-state index < -0.39 is 0 Å². The highest BCUT2D eigenvalue weighted by molar-refractivity contribution is 5.86. The molecule has 126 valence electrons. The highest BCUT2D eigenvalue weighted by Gasteiger charge is 2.21. The van der Waals surface area contributed by atoms with Gasteiger partial charge in [0.2, 0.25) is 0 Å². The molecule has 1 aliphatic heterocycles. The molecule has 0 amide bonds. The summed E-state index contributed by atoms with van der Waals surface area (Å²) in [6.45, 7) is 9.17. The van der Waals surface area contributed by atoms with Crippen LogP contribution < -0.4 is 5.32 Å². The summed E-state index contributed by atoms with van der Waals surface area (Å²) >= 11 is 0. The zero-order valence-electron chi connectivity index (χ0n) is 14.6. The maximum absolute atomic E-state index is 5.43. The third kappa shape index (κ3) is 3.63. The topological polar surface area (TPSA) is 64.9 Å². The van der Waals surface area contributed by atoms with Crippen LogP contribution in [0.1, 0.15) is 45.9 Å². The largest absolute Gasteiger partial charge is 0.381 e. The number of aryl methyl sites for hydroxylation is 1. The Morgan fingerprint density at radius 3 is 2.87 bits per heavy atom. The standard InChI is InChI=1S/C17H27N5O/c1-17(2,3)16-20-14(13-10-19-22(4)15(13)21-16)18-8-5-6-12-7-9-23-11-12/h10,12H,5-9,11H2,1-4H3,(H,18,20,21)/t12-/m0/s1. The van der Waals surface area contributed by atoms with E-state index in [4.69, 9.17) is 14.7 Å². The fourth-order valence-corrected chi connectivity index (χ4v) is 2.90. The number of fused-ring (bicyclic) bond motifs is 1. The Balaban J connectivity index is 1.73. The number of aromatic nitrogens is 4. The molecule has 1 saturated heterocycles. The van der Waals surface area contributed by atoms with Crippen LogP contribution in [0.3, 0.4) is 0 Å². The molecule has 0 aromatic carbocycles. The first kappa shape index (κ1) is 16.2. The van der Waals surface area contributed by atoms with E-state index in [1.165, 1.54) is 12.8 Å². The minimum atomic E-state index is -0.0872. The van der Waals surface area contributed by atoms with Crippen molar-refractivity contribution in [3.05, 3.63) is 12.0 Å². The summed E-state index contributed by atoms with van der Waals surface area (Å²) in [7, 11) is 1.92. The van der Waals surface area contributed by atoms with Crippen LogP contribution in [0.15, 0.2) is 6.20 Å². The molecule has 6 heteroatoms. The van der Waals surface area contributed by atoms with E-state index in [2.05, 4.69) is 31.2 Å². The maximum atomic E-state index is 5.43.